The van der Waals surface area contributed by atoms with Gasteiger partial charge in [-0.1, -0.05) is 24.6 Å². The molecule has 21 heavy (non-hydrogen) atoms. The first-order valence-corrected chi connectivity index (χ1v) is 8.89. The molecule has 0 spiro atoms. The largest absolute Gasteiger partial charge is 0.492 e. The summed E-state index contributed by atoms with van der Waals surface area (Å²) in [7, 11) is 4.13. The van der Waals surface area contributed by atoms with Crippen molar-refractivity contribution in [2.75, 3.05) is 27.2 Å². The van der Waals surface area contributed by atoms with E-state index in [0.29, 0.717) is 0 Å². The van der Waals surface area contributed by atoms with Gasteiger partial charge >= 0.3 is 0 Å². The van der Waals surface area contributed by atoms with E-state index in [9.17, 15) is 0 Å². The van der Waals surface area contributed by atoms with E-state index in [-0.39, 0.29) is 0 Å². The molecule has 0 aliphatic carbocycles. The maximum atomic E-state index is 5.77. The van der Waals surface area contributed by atoms with Crippen molar-refractivity contribution in [3.05, 3.63) is 35.9 Å². The fourth-order valence-corrected chi connectivity index (χ4v) is 4.68. The number of rotatable bonds is 5. The molecule has 0 saturated carbocycles. The number of ether oxygens (including phenoxy) is 1. The Morgan fingerprint density at radius 1 is 1.19 bits per heavy atom. The Morgan fingerprint density at radius 3 is 2.71 bits per heavy atom. The van der Waals surface area contributed by atoms with Gasteiger partial charge in [-0.05, 0) is 56.6 Å². The van der Waals surface area contributed by atoms with E-state index in [0.717, 1.165) is 29.4 Å². The number of hydrogen-bond donors (Lipinski definition) is 0. The second-order valence-corrected chi connectivity index (χ2v) is 7.84. The van der Waals surface area contributed by atoms with Gasteiger partial charge in [0.25, 0.3) is 0 Å². The molecule has 2 atom stereocenters. The van der Waals surface area contributed by atoms with E-state index in [1.54, 1.807) is 5.57 Å². The average Bonchev–Trinajstić information content (AvgIpc) is 2.47. The number of hydrogen-bond acceptors (Lipinski definition) is 3. The fourth-order valence-electron chi connectivity index (χ4n) is 3.07. The van der Waals surface area contributed by atoms with E-state index in [1.807, 2.05) is 0 Å². The van der Waals surface area contributed by atoms with Crippen molar-refractivity contribution in [1.29, 1.82) is 0 Å². The van der Waals surface area contributed by atoms with Crippen molar-refractivity contribution < 1.29 is 4.74 Å². The highest BCUT2D eigenvalue weighted by atomic mass is 32.2. The highest BCUT2D eigenvalue weighted by Gasteiger charge is 2.27. The van der Waals surface area contributed by atoms with Gasteiger partial charge in [-0.2, -0.15) is 11.8 Å². The van der Waals surface area contributed by atoms with E-state index in [1.165, 1.54) is 31.2 Å². The molecule has 2 nitrogen and oxygen atoms in total. The number of nitrogens with zero attached hydrogens (tertiary/aromatic N) is 1. The predicted octanol–water partition coefficient (Wildman–Crippen LogP) is 4.07. The molecule has 0 radical (unpaired) electrons. The van der Waals surface area contributed by atoms with Gasteiger partial charge in [0.2, 0.25) is 0 Å². The summed E-state index contributed by atoms with van der Waals surface area (Å²) in [4.78, 5) is 2.14. The van der Waals surface area contributed by atoms with Gasteiger partial charge < -0.3 is 9.64 Å². The normalized spacial score (nSPS) is 24.8. The molecule has 1 saturated heterocycles. The van der Waals surface area contributed by atoms with Crippen LogP contribution in [-0.2, 0) is 0 Å². The Balaban J connectivity index is 1.63. The predicted molar refractivity (Wildman–Crippen MR) is 92.1 cm³/mol. The van der Waals surface area contributed by atoms with Gasteiger partial charge in [0, 0.05) is 17.0 Å². The quantitative estimate of drug-likeness (QED) is 0.813. The molecular weight excluding hydrogens is 278 g/mol. The summed E-state index contributed by atoms with van der Waals surface area (Å²) < 4.78 is 5.77. The van der Waals surface area contributed by atoms with Crippen molar-refractivity contribution in [3.63, 3.8) is 0 Å². The fraction of sp³-hybridized carbons (Fsp3) is 0.556. The highest BCUT2D eigenvalue weighted by Crippen LogP contribution is 2.43. The molecule has 0 N–H and O–H groups in total. The zero-order valence-corrected chi connectivity index (χ0v) is 13.9. The molecule has 2 bridgehead atoms. The lowest BCUT2D eigenvalue weighted by molar-refractivity contribution is 0.261. The summed E-state index contributed by atoms with van der Waals surface area (Å²) in [6.45, 7) is 1.70. The standard InChI is InChI=1S/C18H25NOS/c1-19(2)10-11-20-16-8-6-14(7-9-16)15-12-17-4-3-5-18(13-15)21-17/h6-9,12,17-18H,3-5,10-11,13H2,1-2H3. The maximum absolute atomic E-state index is 5.77. The third-order valence-electron chi connectivity index (χ3n) is 4.25. The first-order valence-electron chi connectivity index (χ1n) is 7.95. The molecule has 2 heterocycles. The molecule has 114 valence electrons. The number of benzene rings is 1. The number of likely N-dealkylation sites (N-methyl/N-ethyl adjacent to an activating group) is 1. The third kappa shape index (κ3) is 4.04. The van der Waals surface area contributed by atoms with Gasteiger partial charge in [0.1, 0.15) is 12.4 Å². The summed E-state index contributed by atoms with van der Waals surface area (Å²) in [6, 6.07) is 8.68. The van der Waals surface area contributed by atoms with Crippen LogP contribution in [-0.4, -0.2) is 42.6 Å². The molecule has 3 rings (SSSR count). The van der Waals surface area contributed by atoms with E-state index in [4.69, 9.17) is 4.74 Å². The Labute approximate surface area is 132 Å². The third-order valence-corrected chi connectivity index (χ3v) is 5.76. The van der Waals surface area contributed by atoms with E-state index >= 15 is 0 Å². The Kier molecular flexibility index (Phi) is 4.91. The zero-order chi connectivity index (χ0) is 14.7. The second kappa shape index (κ2) is 6.89. The summed E-state index contributed by atoms with van der Waals surface area (Å²) in [5.74, 6) is 0.978. The van der Waals surface area contributed by atoms with Crippen LogP contribution >= 0.6 is 11.8 Å². The second-order valence-electron chi connectivity index (χ2n) is 6.30. The number of allylic oxidation sites excluding steroid dienone is 1. The van der Waals surface area contributed by atoms with Crippen LogP contribution in [0.5, 0.6) is 5.75 Å². The maximum Gasteiger partial charge on any atom is 0.119 e. The first-order chi connectivity index (χ1) is 10.2. The van der Waals surface area contributed by atoms with Crippen LogP contribution in [0, 0.1) is 0 Å². The molecule has 1 aromatic rings. The zero-order valence-electron chi connectivity index (χ0n) is 13.0. The van der Waals surface area contributed by atoms with Crippen molar-refractivity contribution in [1.82, 2.24) is 4.90 Å². The van der Waals surface area contributed by atoms with Gasteiger partial charge in [-0.15, -0.1) is 0 Å². The summed E-state index contributed by atoms with van der Waals surface area (Å²) in [6.07, 6.45) is 7.90. The van der Waals surface area contributed by atoms with Gasteiger partial charge in [0.05, 0.1) is 0 Å². The van der Waals surface area contributed by atoms with Crippen LogP contribution in [0.2, 0.25) is 0 Å². The highest BCUT2D eigenvalue weighted by molar-refractivity contribution is 8.00. The minimum atomic E-state index is 0.746. The lowest BCUT2D eigenvalue weighted by atomic mass is 9.93. The monoisotopic (exact) mass is 303 g/mol. The molecule has 0 amide bonds. The topological polar surface area (TPSA) is 12.5 Å². The summed E-state index contributed by atoms with van der Waals surface area (Å²) >= 11 is 2.18. The lowest BCUT2D eigenvalue weighted by Gasteiger charge is -2.33. The summed E-state index contributed by atoms with van der Waals surface area (Å²) in [5.41, 5.74) is 2.93. The first kappa shape index (κ1) is 15.0. The van der Waals surface area contributed by atoms with Crippen molar-refractivity contribution in [2.24, 2.45) is 0 Å². The Hall–Kier alpha value is -0.930. The van der Waals surface area contributed by atoms with Gasteiger partial charge in [-0.25, -0.2) is 0 Å². The average molecular weight is 303 g/mol. The molecule has 2 unspecified atom stereocenters. The smallest absolute Gasteiger partial charge is 0.119 e. The summed E-state index contributed by atoms with van der Waals surface area (Å²) in [5, 5.41) is 1.60. The van der Waals surface area contributed by atoms with E-state index < -0.39 is 0 Å². The van der Waals surface area contributed by atoms with Gasteiger partial charge in [0.15, 0.2) is 0 Å². The minimum Gasteiger partial charge on any atom is -0.492 e. The molecule has 3 heteroatoms. The molecular formula is C18H25NOS. The van der Waals surface area contributed by atoms with Crippen LogP contribution < -0.4 is 4.74 Å². The SMILES string of the molecule is CN(C)CCOc1ccc(C2=CC3CCCC(C2)S3)cc1. The molecule has 2 aliphatic rings. The Morgan fingerprint density at radius 2 is 2.00 bits per heavy atom. The van der Waals surface area contributed by atoms with Crippen LogP contribution in [0.1, 0.15) is 31.2 Å². The van der Waals surface area contributed by atoms with Crippen LogP contribution in [0.15, 0.2) is 30.3 Å². The van der Waals surface area contributed by atoms with Crippen LogP contribution in [0.3, 0.4) is 0 Å². The minimum absolute atomic E-state index is 0.746. The molecule has 2 aliphatic heterocycles. The van der Waals surface area contributed by atoms with Gasteiger partial charge in [-0.3, -0.25) is 0 Å². The van der Waals surface area contributed by atoms with Crippen LogP contribution in [0.4, 0.5) is 0 Å². The van der Waals surface area contributed by atoms with Crippen molar-refractivity contribution in [2.45, 2.75) is 36.2 Å². The molecule has 1 aromatic carbocycles. The lowest BCUT2D eigenvalue weighted by Crippen LogP contribution is -2.21. The van der Waals surface area contributed by atoms with Crippen molar-refractivity contribution in [3.8, 4) is 5.75 Å². The molecule has 1 fully saturated rings. The van der Waals surface area contributed by atoms with Crippen LogP contribution in [0.25, 0.3) is 5.57 Å². The number of thioether (sulfide) groups is 1. The Bertz CT molecular complexity index is 494. The van der Waals surface area contributed by atoms with Crippen molar-refractivity contribution >= 4 is 17.3 Å². The number of fused-ring (bicyclic) bond motifs is 2. The molecule has 0 aromatic heterocycles. The van der Waals surface area contributed by atoms with E-state index in [2.05, 4.69) is 61.1 Å².